The maximum absolute atomic E-state index is 6.46. The Hall–Kier alpha value is -12.6. The van der Waals surface area contributed by atoms with Crippen molar-refractivity contribution in [3.05, 3.63) is 321 Å². The van der Waals surface area contributed by atoms with E-state index in [0.717, 1.165) is 121 Å². The van der Waals surface area contributed by atoms with Crippen LogP contribution in [0.3, 0.4) is 0 Å². The maximum Gasteiger partial charge on any atom is 0.494 e. The van der Waals surface area contributed by atoms with E-state index in [4.69, 9.17) is 54.7 Å². The number of hydrogen-bond acceptors (Lipinski definition) is 12. The average Bonchev–Trinajstić information content (AvgIpc) is 1.52. The molecule has 0 atom stereocenters. The first kappa shape index (κ1) is 64.7. The summed E-state index contributed by atoms with van der Waals surface area (Å²) in [6.07, 6.45) is 0. The van der Waals surface area contributed by atoms with Gasteiger partial charge in [-0.25, -0.2) is 29.9 Å². The lowest BCUT2D eigenvalue weighted by Crippen LogP contribution is -2.41. The van der Waals surface area contributed by atoms with Gasteiger partial charge in [0.15, 0.2) is 40.3 Å². The largest absolute Gasteiger partial charge is 1.00 e. The number of hydrogen-bond donors (Lipinski definition) is 0. The summed E-state index contributed by atoms with van der Waals surface area (Å²) in [6.45, 7) is 8.30. The zero-order chi connectivity index (χ0) is 70.3. The highest BCUT2D eigenvalue weighted by Gasteiger charge is 2.51. The molecule has 0 radical (unpaired) electrons. The molecule has 0 saturated carbocycles. The molecule has 14 heteroatoms. The fourth-order valence-corrected chi connectivity index (χ4v) is 13.3. The molecule has 1 fully saturated rings. The SMILES string of the molecule is CC1(C)OB(c2ccc3ccc4ccc5nc(-c6ccccc6)oc5c4c3c2)OC1(C)C.Clc1nc(-c2ccccc2)nc(-c2ccc(-c3ccccc3)cc2)n1.[H-].[H-].c1ccc(-c2ccc(-c3nc(-c4ccccc4)nc(-c4ccc5ccc6ccc7nc(-c8ccccc8)oc7c6c5c4)n3)cc2)cc1. The first-order chi connectivity index (χ1) is 50.9. The number of aromatic nitrogens is 8. The van der Waals surface area contributed by atoms with Gasteiger partial charge in [0, 0.05) is 49.7 Å². The van der Waals surface area contributed by atoms with Crippen molar-refractivity contribution in [1.29, 1.82) is 0 Å². The molecule has 0 bridgehead atoms. The Bertz CT molecular complexity index is 6170. The van der Waals surface area contributed by atoms with Gasteiger partial charge in [-0.15, -0.1) is 0 Å². The third-order valence-corrected chi connectivity index (χ3v) is 19.5. The molecule has 0 unspecified atom stereocenters. The Morgan fingerprint density at radius 3 is 0.981 bits per heavy atom. The lowest BCUT2D eigenvalue weighted by atomic mass is 9.78. The van der Waals surface area contributed by atoms with Gasteiger partial charge in [0.05, 0.1) is 11.2 Å². The molecular formula is C90H66BClN8O4-2. The van der Waals surface area contributed by atoms with Crippen LogP contribution in [0.4, 0.5) is 0 Å². The number of oxazole rings is 2. The first-order valence-corrected chi connectivity index (χ1v) is 34.9. The summed E-state index contributed by atoms with van der Waals surface area (Å²) in [7, 11) is -0.409. The van der Waals surface area contributed by atoms with E-state index in [9.17, 15) is 0 Å². The quantitative estimate of drug-likeness (QED) is 0.0948. The molecule has 18 aromatic rings. The summed E-state index contributed by atoms with van der Waals surface area (Å²) in [5.41, 5.74) is 14.6. The minimum Gasteiger partial charge on any atom is -1.00 e. The first-order valence-electron chi connectivity index (χ1n) is 34.5. The second kappa shape index (κ2) is 27.4. The summed E-state index contributed by atoms with van der Waals surface area (Å²) in [5, 5.41) is 8.87. The minimum absolute atomic E-state index is 0. The second-order valence-corrected chi connectivity index (χ2v) is 26.9. The molecule has 1 aliphatic heterocycles. The van der Waals surface area contributed by atoms with Gasteiger partial charge < -0.3 is 21.0 Å². The fourth-order valence-electron chi connectivity index (χ4n) is 13.2. The zero-order valence-electron chi connectivity index (χ0n) is 59.2. The smallest absolute Gasteiger partial charge is 0.494 e. The molecule has 104 heavy (non-hydrogen) atoms. The van der Waals surface area contributed by atoms with Crippen molar-refractivity contribution in [2.24, 2.45) is 0 Å². The molecular weight excluding hydrogens is 1300 g/mol. The summed E-state index contributed by atoms with van der Waals surface area (Å²) < 4.78 is 25.4. The third kappa shape index (κ3) is 12.9. The van der Waals surface area contributed by atoms with Crippen LogP contribution in [0.1, 0.15) is 30.5 Å². The molecule has 19 rings (SSSR count). The number of halogens is 1. The molecule has 502 valence electrons. The van der Waals surface area contributed by atoms with Gasteiger partial charge in [-0.1, -0.05) is 273 Å². The highest BCUT2D eigenvalue weighted by atomic mass is 35.5. The Labute approximate surface area is 608 Å². The van der Waals surface area contributed by atoms with Crippen LogP contribution in [0.5, 0.6) is 0 Å². The van der Waals surface area contributed by atoms with Crippen molar-refractivity contribution in [3.8, 4) is 102 Å². The lowest BCUT2D eigenvalue weighted by molar-refractivity contribution is 0.00578. The van der Waals surface area contributed by atoms with Crippen LogP contribution in [0.2, 0.25) is 5.28 Å². The predicted molar refractivity (Wildman–Crippen MR) is 423 cm³/mol. The Morgan fingerprint density at radius 2 is 0.567 bits per heavy atom. The van der Waals surface area contributed by atoms with E-state index >= 15 is 0 Å². The van der Waals surface area contributed by atoms with Gasteiger partial charge in [-0.3, -0.25) is 0 Å². The number of nitrogens with zero attached hydrogens (tertiary/aromatic N) is 8. The van der Waals surface area contributed by atoms with Crippen LogP contribution < -0.4 is 5.46 Å². The molecule has 14 aromatic carbocycles. The van der Waals surface area contributed by atoms with Crippen LogP contribution in [-0.4, -0.2) is 58.2 Å². The molecule has 1 saturated heterocycles. The number of rotatable bonds is 10. The molecule has 0 aliphatic carbocycles. The van der Waals surface area contributed by atoms with Crippen molar-refractivity contribution < 1.29 is 21.0 Å². The standard InChI is InChI=1S/C42H26N4O.C27H24BNO3.C21H14ClN3.2H/c1-4-10-27(11-5-1)28-16-21-32(22-17-28)40-44-39(31-12-6-2-7-13-31)45-41(46-40)34-23-19-29-18-20-30-24-25-36-38(37(30)35(29)26-34)47-42(43-36)33-14-8-3-9-15-33;1-26(2)27(3,4)32-28(31-26)20-14-12-17-10-11-18-13-15-22-24(23(18)21(17)16-20)30-25(29-22)19-8-6-5-7-9-19;22-21-24-19(17-9-5-2-6-10-17)23-20(25-21)18-13-11-16(12-14-18)15-7-3-1-4-8-15;;/h1-26H;5-16H,1-4H3;1-14H;;/q;;;2*-1. The summed E-state index contributed by atoms with van der Waals surface area (Å²) >= 11 is 6.11. The summed E-state index contributed by atoms with van der Waals surface area (Å²) in [6, 6.07) is 107. The van der Waals surface area contributed by atoms with E-state index in [1.807, 2.05) is 170 Å². The van der Waals surface area contributed by atoms with Crippen LogP contribution in [-0.2, 0) is 9.31 Å². The van der Waals surface area contributed by atoms with E-state index in [1.165, 1.54) is 11.1 Å². The Balaban J connectivity index is 0.000000133. The second-order valence-electron chi connectivity index (χ2n) is 26.6. The van der Waals surface area contributed by atoms with E-state index in [0.29, 0.717) is 40.9 Å². The van der Waals surface area contributed by atoms with Crippen LogP contribution >= 0.6 is 11.6 Å². The van der Waals surface area contributed by atoms with E-state index in [-0.39, 0.29) is 19.3 Å². The topological polar surface area (TPSA) is 148 Å². The highest BCUT2D eigenvalue weighted by molar-refractivity contribution is 6.62. The van der Waals surface area contributed by atoms with Gasteiger partial charge in [0.2, 0.25) is 17.1 Å². The van der Waals surface area contributed by atoms with Crippen molar-refractivity contribution in [2.75, 3.05) is 0 Å². The Kier molecular flexibility index (Phi) is 17.0. The molecule has 4 aromatic heterocycles. The van der Waals surface area contributed by atoms with Crippen LogP contribution in [0.25, 0.3) is 167 Å². The van der Waals surface area contributed by atoms with Gasteiger partial charge in [0.1, 0.15) is 11.0 Å². The van der Waals surface area contributed by atoms with Crippen molar-refractivity contribution in [2.45, 2.75) is 38.9 Å². The zero-order valence-corrected chi connectivity index (χ0v) is 57.9. The van der Waals surface area contributed by atoms with Gasteiger partial charge in [-0.05, 0) is 142 Å². The Morgan fingerprint density at radius 1 is 0.279 bits per heavy atom. The van der Waals surface area contributed by atoms with Crippen molar-refractivity contribution in [1.82, 2.24) is 39.9 Å². The third-order valence-electron chi connectivity index (χ3n) is 19.4. The minimum atomic E-state index is -0.409. The van der Waals surface area contributed by atoms with Gasteiger partial charge >= 0.3 is 7.12 Å². The maximum atomic E-state index is 6.46. The molecule has 12 nitrogen and oxygen atoms in total. The molecule has 0 amide bonds. The summed E-state index contributed by atoms with van der Waals surface area (Å²) in [5.74, 6) is 4.23. The van der Waals surface area contributed by atoms with Crippen LogP contribution in [0, 0.1) is 0 Å². The van der Waals surface area contributed by atoms with Gasteiger partial charge in [-0.2, -0.15) is 9.97 Å². The average molecular weight is 1370 g/mol. The van der Waals surface area contributed by atoms with Gasteiger partial charge in [0.25, 0.3) is 0 Å². The normalized spacial score (nSPS) is 13.1. The summed E-state index contributed by atoms with van der Waals surface area (Å²) in [4.78, 5) is 37.7. The molecule has 0 spiro atoms. The number of fused-ring (bicyclic) bond motifs is 10. The number of benzene rings is 14. The van der Waals surface area contributed by atoms with Crippen molar-refractivity contribution in [3.63, 3.8) is 0 Å². The van der Waals surface area contributed by atoms with E-state index in [2.05, 4.69) is 188 Å². The fraction of sp³-hybridized carbons (Fsp3) is 0.0667. The molecule has 0 N–H and O–H groups in total. The molecule has 1 aliphatic rings. The molecule has 5 heterocycles. The highest BCUT2D eigenvalue weighted by Crippen LogP contribution is 2.41. The van der Waals surface area contributed by atoms with Crippen molar-refractivity contribution >= 4 is 89.5 Å². The lowest BCUT2D eigenvalue weighted by Gasteiger charge is -2.32. The van der Waals surface area contributed by atoms with E-state index < -0.39 is 7.12 Å². The predicted octanol–water partition coefficient (Wildman–Crippen LogP) is 22.5. The van der Waals surface area contributed by atoms with E-state index in [1.54, 1.807) is 0 Å². The van der Waals surface area contributed by atoms with Crippen LogP contribution in [0.15, 0.2) is 324 Å². The monoisotopic (exact) mass is 1370 g/mol.